The van der Waals surface area contributed by atoms with Crippen molar-refractivity contribution in [1.29, 1.82) is 0 Å². The number of nitrogens with zero attached hydrogens (tertiary/aromatic N) is 1. The van der Waals surface area contributed by atoms with Crippen molar-refractivity contribution < 1.29 is 14.3 Å². The third kappa shape index (κ3) is 4.53. The number of carbonyl (C=O) groups is 1. The molecule has 0 fully saturated rings. The van der Waals surface area contributed by atoms with Gasteiger partial charge < -0.3 is 5.11 Å². The molecule has 0 spiro atoms. The zero-order valence-electron chi connectivity index (χ0n) is 17.8. The number of carboxylic acid groups (broad SMARTS) is 1. The summed E-state index contributed by atoms with van der Waals surface area (Å²) in [7, 11) is 0. The molecule has 0 aliphatic heterocycles. The summed E-state index contributed by atoms with van der Waals surface area (Å²) < 4.78 is 14.9. The summed E-state index contributed by atoms with van der Waals surface area (Å²) in [6, 6.07) is 19.0. The molecule has 3 nitrogen and oxygen atoms in total. The van der Waals surface area contributed by atoms with E-state index < -0.39 is 5.97 Å². The van der Waals surface area contributed by atoms with Crippen molar-refractivity contribution in [3.63, 3.8) is 0 Å². The molecule has 5 heteroatoms. The highest BCUT2D eigenvalue weighted by Gasteiger charge is 2.16. The van der Waals surface area contributed by atoms with Crippen molar-refractivity contribution in [3.05, 3.63) is 106 Å². The van der Waals surface area contributed by atoms with E-state index in [2.05, 4.69) is 30.1 Å². The Balaban J connectivity index is 1.93. The summed E-state index contributed by atoms with van der Waals surface area (Å²) in [5.74, 6) is -1.23. The lowest BCUT2D eigenvalue weighted by atomic mass is 9.86. The summed E-state index contributed by atoms with van der Waals surface area (Å²) in [4.78, 5) is 15.3. The molecule has 1 aromatic heterocycles. The molecule has 1 heterocycles. The topological polar surface area (TPSA) is 50.2 Å². The Hall–Kier alpha value is -3.57. The van der Waals surface area contributed by atoms with Crippen molar-refractivity contribution in [3.8, 4) is 0 Å². The fraction of sp³-hybridized carbons (Fsp3) is 0.111. The van der Waals surface area contributed by atoms with Gasteiger partial charge in [-0.15, -0.1) is 11.3 Å². The van der Waals surface area contributed by atoms with E-state index in [1.807, 2.05) is 42.8 Å². The van der Waals surface area contributed by atoms with Gasteiger partial charge in [-0.2, -0.15) is 0 Å². The Labute approximate surface area is 190 Å². The van der Waals surface area contributed by atoms with Crippen LogP contribution in [-0.4, -0.2) is 16.1 Å². The molecule has 32 heavy (non-hydrogen) atoms. The molecule has 0 bridgehead atoms. The van der Waals surface area contributed by atoms with Crippen molar-refractivity contribution in [2.75, 3.05) is 0 Å². The van der Waals surface area contributed by atoms with E-state index >= 15 is 0 Å². The molecule has 0 radical (unpaired) electrons. The van der Waals surface area contributed by atoms with Crippen LogP contribution in [0.2, 0.25) is 0 Å². The minimum absolute atomic E-state index is 0.248. The summed E-state index contributed by atoms with van der Waals surface area (Å²) in [5.41, 5.74) is 9.71. The molecule has 4 aromatic rings. The Morgan fingerprint density at radius 3 is 2.50 bits per heavy atom. The second-order valence-corrected chi connectivity index (χ2v) is 8.38. The van der Waals surface area contributed by atoms with Gasteiger partial charge in [0.25, 0.3) is 0 Å². The van der Waals surface area contributed by atoms with Gasteiger partial charge in [0.05, 0.1) is 15.7 Å². The van der Waals surface area contributed by atoms with E-state index in [0.29, 0.717) is 0 Å². The highest BCUT2D eigenvalue weighted by Crippen LogP contribution is 2.37. The lowest BCUT2D eigenvalue weighted by Crippen LogP contribution is -1.98. The van der Waals surface area contributed by atoms with Crippen LogP contribution in [0.15, 0.2) is 72.3 Å². The number of fused-ring (bicyclic) bond motifs is 1. The van der Waals surface area contributed by atoms with Crippen molar-refractivity contribution in [1.82, 2.24) is 4.98 Å². The normalized spacial score (nSPS) is 12.3. The Morgan fingerprint density at radius 1 is 1.06 bits per heavy atom. The number of hydrogen-bond acceptors (Lipinski definition) is 3. The summed E-state index contributed by atoms with van der Waals surface area (Å²) in [6.07, 6.45) is 3.46. The number of benzene rings is 3. The Bertz CT molecular complexity index is 1350. The van der Waals surface area contributed by atoms with Gasteiger partial charge in [-0.1, -0.05) is 43.3 Å². The van der Waals surface area contributed by atoms with Crippen molar-refractivity contribution in [2.45, 2.75) is 20.3 Å². The molecule has 4 rings (SSSR count). The molecule has 0 unspecified atom stereocenters. The van der Waals surface area contributed by atoms with E-state index in [9.17, 15) is 9.18 Å². The number of aromatic nitrogens is 1. The van der Waals surface area contributed by atoms with Gasteiger partial charge in [-0.25, -0.2) is 14.2 Å². The van der Waals surface area contributed by atoms with Gasteiger partial charge in [0.1, 0.15) is 5.82 Å². The van der Waals surface area contributed by atoms with E-state index in [-0.39, 0.29) is 5.82 Å². The number of hydrogen-bond donors (Lipinski definition) is 1. The van der Waals surface area contributed by atoms with Crippen molar-refractivity contribution in [2.24, 2.45) is 0 Å². The smallest absolute Gasteiger partial charge is 0.328 e. The lowest BCUT2D eigenvalue weighted by Gasteiger charge is -2.18. The van der Waals surface area contributed by atoms with Gasteiger partial charge in [-0.3, -0.25) is 0 Å². The Kier molecular flexibility index (Phi) is 6.28. The van der Waals surface area contributed by atoms with E-state index in [1.165, 1.54) is 6.07 Å². The van der Waals surface area contributed by atoms with Gasteiger partial charge >= 0.3 is 5.97 Å². The number of aryl methyl sites for hydroxylation is 1. The average Bonchev–Trinajstić information content (AvgIpc) is 3.25. The summed E-state index contributed by atoms with van der Waals surface area (Å²) in [6.45, 7) is 4.03. The zero-order valence-corrected chi connectivity index (χ0v) is 18.6. The molecule has 1 N–H and O–H groups in total. The van der Waals surface area contributed by atoms with Crippen LogP contribution < -0.4 is 0 Å². The molecular weight excluding hydrogens is 421 g/mol. The molecule has 0 amide bonds. The number of halogens is 1. The monoisotopic (exact) mass is 443 g/mol. The maximum Gasteiger partial charge on any atom is 0.328 e. The first-order valence-electron chi connectivity index (χ1n) is 10.3. The van der Waals surface area contributed by atoms with Gasteiger partial charge in [0.15, 0.2) is 0 Å². The quantitative estimate of drug-likeness (QED) is 0.253. The van der Waals surface area contributed by atoms with Crippen LogP contribution in [0.4, 0.5) is 4.39 Å². The predicted octanol–water partition coefficient (Wildman–Crippen LogP) is 7.21. The molecule has 0 saturated carbocycles. The third-order valence-corrected chi connectivity index (χ3v) is 6.22. The first kappa shape index (κ1) is 21.7. The number of aliphatic carboxylic acids is 1. The Morgan fingerprint density at radius 2 is 1.81 bits per heavy atom. The molecule has 0 saturated heterocycles. The lowest BCUT2D eigenvalue weighted by molar-refractivity contribution is -0.131. The second kappa shape index (κ2) is 9.28. The van der Waals surface area contributed by atoms with E-state index in [0.717, 1.165) is 61.7 Å². The fourth-order valence-electron chi connectivity index (χ4n) is 3.92. The first-order valence-corrected chi connectivity index (χ1v) is 11.2. The van der Waals surface area contributed by atoms with Crippen LogP contribution in [0.25, 0.3) is 27.4 Å². The standard InChI is InChI=1S/C27H22FNO2S/c1-3-22(23-11-10-21(28)14-17(23)2)27(20-9-12-25-24(15-20)29-16-32-25)19-7-4-18(5-8-19)6-13-26(30)31/h4-16H,3H2,1-2H3,(H,30,31). The maximum atomic E-state index is 13.8. The molecule has 0 aliphatic rings. The minimum atomic E-state index is -0.980. The first-order chi connectivity index (χ1) is 15.5. The predicted molar refractivity (Wildman–Crippen MR) is 130 cm³/mol. The van der Waals surface area contributed by atoms with Crippen LogP contribution >= 0.6 is 11.3 Å². The summed E-state index contributed by atoms with van der Waals surface area (Å²) >= 11 is 1.60. The molecule has 0 atom stereocenters. The largest absolute Gasteiger partial charge is 0.478 e. The van der Waals surface area contributed by atoms with E-state index in [4.69, 9.17) is 5.11 Å². The number of carboxylic acids is 1. The number of thiazole rings is 1. The fourth-order valence-corrected chi connectivity index (χ4v) is 4.58. The van der Waals surface area contributed by atoms with Crippen LogP contribution in [0, 0.1) is 12.7 Å². The average molecular weight is 444 g/mol. The SMILES string of the molecule is CCC(=C(c1ccc(C=CC(=O)O)cc1)c1ccc2scnc2c1)c1ccc(F)cc1C. The van der Waals surface area contributed by atoms with Gasteiger partial charge in [0.2, 0.25) is 0 Å². The van der Waals surface area contributed by atoms with Crippen LogP contribution in [0.3, 0.4) is 0 Å². The third-order valence-electron chi connectivity index (χ3n) is 5.41. The van der Waals surface area contributed by atoms with Crippen LogP contribution in [-0.2, 0) is 4.79 Å². The van der Waals surface area contributed by atoms with Gasteiger partial charge in [-0.05, 0) is 82.6 Å². The highest BCUT2D eigenvalue weighted by molar-refractivity contribution is 7.16. The number of rotatable bonds is 6. The highest BCUT2D eigenvalue weighted by atomic mass is 32.1. The minimum Gasteiger partial charge on any atom is -0.478 e. The molecular formula is C27H22FNO2S. The summed E-state index contributed by atoms with van der Waals surface area (Å²) in [5, 5.41) is 8.89. The second-order valence-electron chi connectivity index (χ2n) is 7.49. The molecule has 0 aliphatic carbocycles. The van der Waals surface area contributed by atoms with Gasteiger partial charge in [0, 0.05) is 6.08 Å². The maximum absolute atomic E-state index is 13.8. The number of allylic oxidation sites excluding steroid dienone is 1. The van der Waals surface area contributed by atoms with Crippen molar-refractivity contribution >= 4 is 44.7 Å². The zero-order chi connectivity index (χ0) is 22.7. The van der Waals surface area contributed by atoms with Crippen LogP contribution in [0.1, 0.15) is 41.2 Å². The van der Waals surface area contributed by atoms with E-state index in [1.54, 1.807) is 23.5 Å². The van der Waals surface area contributed by atoms with Crippen LogP contribution in [0.5, 0.6) is 0 Å². The molecule has 160 valence electrons. The molecule has 3 aromatic carbocycles.